The molecule has 1 aromatic heterocycles. The van der Waals surface area contributed by atoms with Crippen LogP contribution in [0.15, 0.2) is 52.2 Å². The van der Waals surface area contributed by atoms with Gasteiger partial charge in [0, 0.05) is 24.0 Å². The Morgan fingerprint density at radius 3 is 2.30 bits per heavy atom. The van der Waals surface area contributed by atoms with E-state index in [1.165, 1.54) is 23.3 Å². The lowest BCUT2D eigenvalue weighted by Gasteiger charge is -2.12. The van der Waals surface area contributed by atoms with Crippen LogP contribution in [-0.2, 0) is 29.9 Å². The van der Waals surface area contributed by atoms with Gasteiger partial charge in [-0.25, -0.2) is 13.1 Å². The number of hydrogen-bond acceptors (Lipinski definition) is 3. The second kappa shape index (κ2) is 7.47. The predicted octanol–water partition coefficient (Wildman–Crippen LogP) is 3.90. The normalized spacial score (nSPS) is 13.6. The number of anilines is 1. The second-order valence-corrected chi connectivity index (χ2v) is 9.91. The number of rotatable bonds is 5. The van der Waals surface area contributed by atoms with Gasteiger partial charge in [0.15, 0.2) is 0 Å². The van der Waals surface area contributed by atoms with E-state index in [1.807, 2.05) is 50.7 Å². The number of aromatic nitrogens is 2. The third-order valence-corrected chi connectivity index (χ3v) is 7.31. The molecule has 6 nitrogen and oxygen atoms in total. The van der Waals surface area contributed by atoms with E-state index in [1.54, 1.807) is 16.8 Å². The molecule has 0 spiro atoms. The van der Waals surface area contributed by atoms with Gasteiger partial charge in [0.05, 0.1) is 10.6 Å². The lowest BCUT2D eigenvalue weighted by Crippen LogP contribution is -2.21. The van der Waals surface area contributed by atoms with E-state index in [-0.39, 0.29) is 16.4 Å². The fourth-order valence-electron chi connectivity index (χ4n) is 4.30. The second-order valence-electron chi connectivity index (χ2n) is 8.23. The van der Waals surface area contributed by atoms with Crippen molar-refractivity contribution in [3.63, 3.8) is 0 Å². The Kier molecular flexibility index (Phi) is 5.10. The first kappa shape index (κ1) is 20.5. The highest BCUT2D eigenvalue weighted by Crippen LogP contribution is 2.26. The number of benzene rings is 2. The molecule has 0 amide bonds. The van der Waals surface area contributed by atoms with Crippen LogP contribution in [-0.4, -0.2) is 17.8 Å². The first-order valence-electron chi connectivity index (χ1n) is 10.2. The Hall–Kier alpha value is -2.80. The fraction of sp³-hybridized carbons (Fsp3) is 0.348. The summed E-state index contributed by atoms with van der Waals surface area (Å²) in [6.45, 7) is 5.91. The summed E-state index contributed by atoms with van der Waals surface area (Å²) in [4.78, 5) is 13.0. The molecule has 1 aliphatic rings. The predicted molar refractivity (Wildman–Crippen MR) is 119 cm³/mol. The molecule has 0 radical (unpaired) electrons. The van der Waals surface area contributed by atoms with Crippen LogP contribution in [0.2, 0.25) is 0 Å². The smallest absolute Gasteiger partial charge is 0.275 e. The largest absolute Gasteiger partial charge is 0.285 e. The Balaban J connectivity index is 1.64. The molecule has 0 aliphatic heterocycles. The van der Waals surface area contributed by atoms with Crippen molar-refractivity contribution < 1.29 is 8.42 Å². The average Bonchev–Trinajstić information content (AvgIpc) is 3.23. The summed E-state index contributed by atoms with van der Waals surface area (Å²) in [5, 5.41) is 0. The molecule has 7 heteroatoms. The first-order chi connectivity index (χ1) is 14.2. The third kappa shape index (κ3) is 3.47. The standard InChI is InChI=1S/C23H27N3O3S/c1-15(2)22-16(3)25(4)26(23(22)27)20-10-12-21(13-11-20)30(28,29)24-19-9-8-17-6-5-7-18(17)14-19/h8-15,24H,5-7H2,1-4H3. The van der Waals surface area contributed by atoms with Gasteiger partial charge in [-0.05, 0) is 79.6 Å². The zero-order valence-electron chi connectivity index (χ0n) is 17.8. The van der Waals surface area contributed by atoms with Crippen LogP contribution >= 0.6 is 0 Å². The number of nitrogens with one attached hydrogen (secondary N) is 1. The van der Waals surface area contributed by atoms with Crippen molar-refractivity contribution in [3.05, 3.63) is 75.2 Å². The summed E-state index contributed by atoms with van der Waals surface area (Å²) in [7, 11) is -1.87. The van der Waals surface area contributed by atoms with E-state index in [9.17, 15) is 13.2 Å². The highest BCUT2D eigenvalue weighted by Gasteiger charge is 2.20. The maximum Gasteiger partial charge on any atom is 0.275 e. The number of nitrogens with zero attached hydrogens (tertiary/aromatic N) is 2. The van der Waals surface area contributed by atoms with Crippen LogP contribution in [0.5, 0.6) is 0 Å². The van der Waals surface area contributed by atoms with Gasteiger partial charge in [-0.2, -0.15) is 0 Å². The number of hydrogen-bond donors (Lipinski definition) is 1. The van der Waals surface area contributed by atoms with Crippen LogP contribution in [0.1, 0.15) is 48.6 Å². The average molecular weight is 426 g/mol. The van der Waals surface area contributed by atoms with Crippen LogP contribution in [0.25, 0.3) is 5.69 Å². The minimum Gasteiger partial charge on any atom is -0.285 e. The molecule has 0 saturated heterocycles. The Morgan fingerprint density at radius 2 is 1.67 bits per heavy atom. The van der Waals surface area contributed by atoms with Crippen molar-refractivity contribution in [3.8, 4) is 5.69 Å². The molecule has 1 N–H and O–H groups in total. The molecule has 30 heavy (non-hydrogen) atoms. The molecule has 4 rings (SSSR count). The fourth-order valence-corrected chi connectivity index (χ4v) is 5.35. The van der Waals surface area contributed by atoms with Crippen LogP contribution in [0.3, 0.4) is 0 Å². The summed E-state index contributed by atoms with van der Waals surface area (Å²) in [6.07, 6.45) is 3.16. The molecule has 1 heterocycles. The first-order valence-corrected chi connectivity index (χ1v) is 11.7. The SMILES string of the molecule is Cc1c(C(C)C)c(=O)n(-c2ccc(S(=O)(=O)Nc3ccc4c(c3)CCC4)cc2)n1C. The molecule has 1 aliphatic carbocycles. The third-order valence-electron chi connectivity index (χ3n) is 5.92. The van der Waals surface area contributed by atoms with E-state index in [0.717, 1.165) is 30.5 Å². The summed E-state index contributed by atoms with van der Waals surface area (Å²) in [5.41, 5.74) is 5.33. The number of sulfonamides is 1. The summed E-state index contributed by atoms with van der Waals surface area (Å²) < 4.78 is 31.8. The molecular formula is C23H27N3O3S. The zero-order chi connectivity index (χ0) is 21.6. The molecule has 0 bridgehead atoms. The van der Waals surface area contributed by atoms with Crippen molar-refractivity contribution in [2.75, 3.05) is 4.72 Å². The van der Waals surface area contributed by atoms with Crippen LogP contribution in [0, 0.1) is 6.92 Å². The van der Waals surface area contributed by atoms with Crippen LogP contribution < -0.4 is 10.3 Å². The van der Waals surface area contributed by atoms with Gasteiger partial charge in [0.2, 0.25) is 0 Å². The lowest BCUT2D eigenvalue weighted by molar-refractivity contribution is 0.601. The van der Waals surface area contributed by atoms with Gasteiger partial charge in [-0.1, -0.05) is 19.9 Å². The van der Waals surface area contributed by atoms with E-state index in [2.05, 4.69) is 4.72 Å². The maximum atomic E-state index is 12.9. The maximum absolute atomic E-state index is 12.9. The molecule has 0 fully saturated rings. The Labute approximate surface area is 177 Å². The topological polar surface area (TPSA) is 73.1 Å². The van der Waals surface area contributed by atoms with E-state index < -0.39 is 10.0 Å². The van der Waals surface area contributed by atoms with Crippen LogP contribution in [0.4, 0.5) is 5.69 Å². The molecule has 0 unspecified atom stereocenters. The van der Waals surface area contributed by atoms with Gasteiger partial charge in [0.1, 0.15) is 0 Å². The highest BCUT2D eigenvalue weighted by atomic mass is 32.2. The minimum atomic E-state index is -3.71. The summed E-state index contributed by atoms with van der Waals surface area (Å²) in [6, 6.07) is 12.2. The minimum absolute atomic E-state index is 0.0723. The molecule has 0 atom stereocenters. The van der Waals surface area contributed by atoms with Crippen molar-refractivity contribution in [2.45, 2.75) is 50.8 Å². The highest BCUT2D eigenvalue weighted by molar-refractivity contribution is 7.92. The lowest BCUT2D eigenvalue weighted by atomic mass is 10.0. The Morgan fingerprint density at radius 1 is 1.00 bits per heavy atom. The van der Waals surface area contributed by atoms with Crippen molar-refractivity contribution in [1.82, 2.24) is 9.36 Å². The number of fused-ring (bicyclic) bond motifs is 1. The number of aryl methyl sites for hydroxylation is 2. The molecular weight excluding hydrogens is 398 g/mol. The van der Waals surface area contributed by atoms with Gasteiger partial charge >= 0.3 is 0 Å². The molecule has 0 saturated carbocycles. The van der Waals surface area contributed by atoms with Gasteiger partial charge in [-0.3, -0.25) is 14.2 Å². The van der Waals surface area contributed by atoms with Crippen molar-refractivity contribution in [2.24, 2.45) is 7.05 Å². The molecule has 3 aromatic rings. The monoisotopic (exact) mass is 425 g/mol. The van der Waals surface area contributed by atoms with E-state index in [4.69, 9.17) is 0 Å². The van der Waals surface area contributed by atoms with Crippen molar-refractivity contribution >= 4 is 15.7 Å². The zero-order valence-corrected chi connectivity index (χ0v) is 18.6. The Bertz CT molecular complexity index is 1270. The van der Waals surface area contributed by atoms with Crippen molar-refractivity contribution in [1.29, 1.82) is 0 Å². The van der Waals surface area contributed by atoms with Gasteiger partial charge in [0.25, 0.3) is 15.6 Å². The molecule has 2 aromatic carbocycles. The van der Waals surface area contributed by atoms with E-state index in [0.29, 0.717) is 11.4 Å². The van der Waals surface area contributed by atoms with Gasteiger partial charge in [-0.15, -0.1) is 0 Å². The quantitative estimate of drug-likeness (QED) is 0.674. The van der Waals surface area contributed by atoms with Gasteiger partial charge < -0.3 is 0 Å². The van der Waals surface area contributed by atoms with E-state index >= 15 is 0 Å². The summed E-state index contributed by atoms with van der Waals surface area (Å²) >= 11 is 0. The molecule has 158 valence electrons. The summed E-state index contributed by atoms with van der Waals surface area (Å²) in [5.74, 6) is 0.112.